The number of hydrogen-bond acceptors (Lipinski definition) is 2. The third kappa shape index (κ3) is 1.76. The largest absolute Gasteiger partial charge is 0.465 e. The first-order valence-corrected chi connectivity index (χ1v) is 4.07. The first kappa shape index (κ1) is 9.87. The maximum Gasteiger partial charge on any atom is 0.410 e. The van der Waals surface area contributed by atoms with E-state index in [-0.39, 0.29) is 6.04 Å². The van der Waals surface area contributed by atoms with Crippen LogP contribution in [0.15, 0.2) is 0 Å². The quantitative estimate of drug-likeness (QED) is 0.572. The Kier molecular flexibility index (Phi) is 2.48. The molecule has 0 aromatic carbocycles. The van der Waals surface area contributed by atoms with Crippen molar-refractivity contribution in [1.29, 1.82) is 0 Å². The second-order valence-corrected chi connectivity index (χ2v) is 3.32. The normalized spacial score (nSPS) is 25.2. The van der Waals surface area contributed by atoms with Crippen molar-refractivity contribution >= 4 is 6.09 Å². The minimum atomic E-state index is -0.991. The number of carbonyl (C=O) groups is 1. The summed E-state index contributed by atoms with van der Waals surface area (Å²) in [4.78, 5) is 12.1. The van der Waals surface area contributed by atoms with E-state index in [0.29, 0.717) is 6.61 Å². The van der Waals surface area contributed by atoms with Crippen molar-refractivity contribution in [3.05, 3.63) is 0 Å². The fraction of sp³-hybridized carbons (Fsp3) is 0.667. The summed E-state index contributed by atoms with van der Waals surface area (Å²) in [7, 11) is 0. The van der Waals surface area contributed by atoms with E-state index in [1.165, 1.54) is 4.90 Å². The summed E-state index contributed by atoms with van der Waals surface area (Å²) in [6.45, 7) is 5.47. The molecule has 1 aliphatic rings. The van der Waals surface area contributed by atoms with Crippen LogP contribution in [-0.2, 0) is 4.74 Å². The van der Waals surface area contributed by atoms with Crippen molar-refractivity contribution < 1.29 is 14.6 Å². The van der Waals surface area contributed by atoms with E-state index in [1.54, 1.807) is 20.8 Å². The molecule has 13 heavy (non-hydrogen) atoms. The monoisotopic (exact) mass is 183 g/mol. The molecule has 1 N–H and O–H groups in total. The summed E-state index contributed by atoms with van der Waals surface area (Å²) in [5, 5.41) is 8.92. The summed E-state index contributed by atoms with van der Waals surface area (Å²) in [5.74, 6) is 5.50. The molecular formula is C9H13NO3. The maximum atomic E-state index is 10.9. The van der Waals surface area contributed by atoms with Gasteiger partial charge >= 0.3 is 6.09 Å². The number of amides is 1. The zero-order valence-electron chi connectivity index (χ0n) is 8.00. The Hall–Kier alpha value is -1.21. The molecule has 0 saturated carbocycles. The lowest BCUT2D eigenvalue weighted by Gasteiger charge is -2.28. The summed E-state index contributed by atoms with van der Waals surface area (Å²) in [6, 6.07) is -0.336. The third-order valence-corrected chi connectivity index (χ3v) is 2.00. The van der Waals surface area contributed by atoms with E-state index in [9.17, 15) is 4.79 Å². The predicted octanol–water partition coefficient (Wildman–Crippen LogP) is 1.12. The van der Waals surface area contributed by atoms with Gasteiger partial charge in [0.1, 0.15) is 11.8 Å². The standard InChI is InChI=1S/C9H13NO3/c1-4-5-7-6-13-9(2,3)10(7)8(11)12/h7H,6H2,1-3H3,(H,11,12). The minimum absolute atomic E-state index is 0.336. The van der Waals surface area contributed by atoms with E-state index < -0.39 is 11.8 Å². The van der Waals surface area contributed by atoms with Gasteiger partial charge in [-0.15, -0.1) is 5.92 Å². The van der Waals surface area contributed by atoms with Crippen LogP contribution in [0.5, 0.6) is 0 Å². The van der Waals surface area contributed by atoms with Crippen LogP contribution in [0.1, 0.15) is 20.8 Å². The summed E-state index contributed by atoms with van der Waals surface area (Å²) in [6.07, 6.45) is -0.991. The van der Waals surface area contributed by atoms with E-state index in [0.717, 1.165) is 0 Å². The van der Waals surface area contributed by atoms with Gasteiger partial charge in [0.15, 0.2) is 0 Å². The molecule has 1 unspecified atom stereocenters. The molecular weight excluding hydrogens is 170 g/mol. The van der Waals surface area contributed by atoms with Crippen molar-refractivity contribution in [1.82, 2.24) is 4.90 Å². The first-order chi connectivity index (χ1) is 5.99. The molecule has 0 spiro atoms. The summed E-state index contributed by atoms with van der Waals surface area (Å²) >= 11 is 0. The lowest BCUT2D eigenvalue weighted by molar-refractivity contribution is -0.0407. The molecule has 0 aliphatic carbocycles. The zero-order valence-corrected chi connectivity index (χ0v) is 8.00. The highest BCUT2D eigenvalue weighted by atomic mass is 16.5. The lowest BCUT2D eigenvalue weighted by atomic mass is 10.2. The molecule has 1 saturated heterocycles. The third-order valence-electron chi connectivity index (χ3n) is 2.00. The molecule has 0 bridgehead atoms. The number of ether oxygens (including phenoxy) is 1. The number of hydrogen-bond donors (Lipinski definition) is 1. The fourth-order valence-electron chi connectivity index (χ4n) is 1.44. The van der Waals surface area contributed by atoms with Crippen molar-refractivity contribution in [3.63, 3.8) is 0 Å². The van der Waals surface area contributed by atoms with Crippen molar-refractivity contribution in [2.45, 2.75) is 32.5 Å². The Labute approximate surface area is 77.5 Å². The highest BCUT2D eigenvalue weighted by Gasteiger charge is 2.43. The van der Waals surface area contributed by atoms with E-state index in [2.05, 4.69) is 11.8 Å². The van der Waals surface area contributed by atoms with Gasteiger partial charge in [-0.1, -0.05) is 5.92 Å². The van der Waals surface area contributed by atoms with Crippen LogP contribution in [0.4, 0.5) is 4.79 Å². The zero-order chi connectivity index (χ0) is 10.1. The van der Waals surface area contributed by atoms with Gasteiger partial charge in [0.25, 0.3) is 0 Å². The van der Waals surface area contributed by atoms with Gasteiger partial charge in [-0.2, -0.15) is 0 Å². The Bertz CT molecular complexity index is 274. The Morgan fingerprint density at radius 1 is 1.69 bits per heavy atom. The molecule has 0 aromatic heterocycles. The van der Waals surface area contributed by atoms with Crippen LogP contribution in [0, 0.1) is 11.8 Å². The average Bonchev–Trinajstić information content (AvgIpc) is 2.26. The SMILES string of the molecule is CC#CC1COC(C)(C)N1C(=O)O. The molecule has 1 rings (SSSR count). The molecule has 1 fully saturated rings. The lowest BCUT2D eigenvalue weighted by Crippen LogP contribution is -2.46. The molecule has 0 radical (unpaired) electrons. The van der Waals surface area contributed by atoms with E-state index in [1.807, 2.05) is 0 Å². The van der Waals surface area contributed by atoms with Crippen molar-refractivity contribution in [3.8, 4) is 11.8 Å². The van der Waals surface area contributed by atoms with Gasteiger partial charge in [0.2, 0.25) is 0 Å². The van der Waals surface area contributed by atoms with Gasteiger partial charge < -0.3 is 9.84 Å². The molecule has 72 valence electrons. The minimum Gasteiger partial charge on any atom is -0.465 e. The van der Waals surface area contributed by atoms with Crippen LogP contribution in [0.25, 0.3) is 0 Å². The summed E-state index contributed by atoms with van der Waals surface area (Å²) in [5.41, 5.74) is -0.764. The van der Waals surface area contributed by atoms with Crippen molar-refractivity contribution in [2.24, 2.45) is 0 Å². The van der Waals surface area contributed by atoms with Gasteiger partial charge in [-0.25, -0.2) is 4.79 Å². The van der Waals surface area contributed by atoms with Crippen LogP contribution in [-0.4, -0.2) is 34.5 Å². The average molecular weight is 183 g/mol. The molecule has 1 atom stereocenters. The highest BCUT2D eigenvalue weighted by Crippen LogP contribution is 2.26. The molecule has 1 aliphatic heterocycles. The van der Waals surface area contributed by atoms with Crippen LogP contribution >= 0.6 is 0 Å². The van der Waals surface area contributed by atoms with Gasteiger partial charge in [-0.05, 0) is 20.8 Å². The summed E-state index contributed by atoms with van der Waals surface area (Å²) < 4.78 is 5.32. The molecule has 4 heteroatoms. The number of carboxylic acid groups (broad SMARTS) is 1. The predicted molar refractivity (Wildman–Crippen MR) is 47.1 cm³/mol. The second-order valence-electron chi connectivity index (χ2n) is 3.32. The topological polar surface area (TPSA) is 49.8 Å². The molecule has 1 amide bonds. The van der Waals surface area contributed by atoms with Gasteiger partial charge in [0.05, 0.1) is 6.61 Å². The van der Waals surface area contributed by atoms with Crippen LogP contribution < -0.4 is 0 Å². The first-order valence-electron chi connectivity index (χ1n) is 4.07. The highest BCUT2D eigenvalue weighted by molar-refractivity contribution is 5.67. The number of nitrogens with zero attached hydrogens (tertiary/aromatic N) is 1. The molecule has 4 nitrogen and oxygen atoms in total. The van der Waals surface area contributed by atoms with E-state index in [4.69, 9.17) is 9.84 Å². The van der Waals surface area contributed by atoms with Gasteiger partial charge in [0, 0.05) is 0 Å². The maximum absolute atomic E-state index is 10.9. The van der Waals surface area contributed by atoms with Gasteiger partial charge in [-0.3, -0.25) is 4.90 Å². The Balaban J connectivity index is 2.90. The molecule has 0 aromatic rings. The molecule has 1 heterocycles. The van der Waals surface area contributed by atoms with Crippen molar-refractivity contribution in [2.75, 3.05) is 6.61 Å². The Morgan fingerprint density at radius 3 is 2.77 bits per heavy atom. The van der Waals surface area contributed by atoms with Crippen LogP contribution in [0.2, 0.25) is 0 Å². The fourth-order valence-corrected chi connectivity index (χ4v) is 1.44. The number of rotatable bonds is 0. The Morgan fingerprint density at radius 2 is 2.31 bits per heavy atom. The van der Waals surface area contributed by atoms with Crippen LogP contribution in [0.3, 0.4) is 0 Å². The smallest absolute Gasteiger partial charge is 0.410 e. The van der Waals surface area contributed by atoms with E-state index >= 15 is 0 Å². The second kappa shape index (κ2) is 3.27.